The molecule has 0 atom stereocenters. The number of aliphatic imine (C=N–C) groups is 2. The Kier molecular flexibility index (Phi) is 1.82. The second-order valence-corrected chi connectivity index (χ2v) is 3.33. The minimum atomic E-state index is -0.289. The molecule has 0 spiro atoms. The summed E-state index contributed by atoms with van der Waals surface area (Å²) in [5.41, 5.74) is 0.616. The van der Waals surface area contributed by atoms with Gasteiger partial charge in [0.05, 0.1) is 16.8 Å². The van der Waals surface area contributed by atoms with Crippen LogP contribution in [0.2, 0.25) is 0 Å². The van der Waals surface area contributed by atoms with E-state index in [-0.39, 0.29) is 10.8 Å². The highest BCUT2D eigenvalue weighted by atomic mass is 32.1. The summed E-state index contributed by atoms with van der Waals surface area (Å²) in [5, 5.41) is 9.21. The molecule has 0 unspecified atom stereocenters. The summed E-state index contributed by atoms with van der Waals surface area (Å²) in [7, 11) is 0. The van der Waals surface area contributed by atoms with Crippen LogP contribution in [0.4, 0.5) is 0 Å². The highest BCUT2D eigenvalue weighted by molar-refractivity contribution is 7.10. The van der Waals surface area contributed by atoms with Crippen molar-refractivity contribution >= 4 is 30.0 Å². The summed E-state index contributed by atoms with van der Waals surface area (Å²) in [6.07, 6.45) is 4.53. The van der Waals surface area contributed by atoms with Gasteiger partial charge in [-0.05, 0) is 6.08 Å². The molecule has 2 heterocycles. The molecule has 1 aromatic heterocycles. The smallest absolute Gasteiger partial charge is 0.307 e. The number of hydrogen-bond donors (Lipinski definition) is 2. The predicted molar refractivity (Wildman–Crippen MR) is 51.6 cm³/mol. The highest BCUT2D eigenvalue weighted by Gasteiger charge is 2.05. The number of allylic oxidation sites excluding steroid dienone is 1. The van der Waals surface area contributed by atoms with Crippen molar-refractivity contribution in [3.8, 4) is 5.88 Å². The van der Waals surface area contributed by atoms with E-state index >= 15 is 0 Å². The number of thiazole rings is 1. The maximum atomic E-state index is 10.8. The van der Waals surface area contributed by atoms with Crippen molar-refractivity contribution < 1.29 is 5.11 Å². The molecule has 2 rings (SSSR count). The standard InChI is InChI=1S/C7H5N3O2S/c11-6-5(13-7(12)10-6)1-4-2-8-3-9-4/h1-3,11H,(H,10,12)/b4-1+. The van der Waals surface area contributed by atoms with E-state index in [0.717, 1.165) is 11.3 Å². The van der Waals surface area contributed by atoms with E-state index in [0.29, 0.717) is 10.6 Å². The topological polar surface area (TPSA) is 77.8 Å². The van der Waals surface area contributed by atoms with E-state index in [1.165, 1.54) is 6.34 Å². The number of nitrogens with zero attached hydrogens (tertiary/aromatic N) is 2. The lowest BCUT2D eigenvalue weighted by Crippen LogP contribution is -1.89. The molecule has 1 aliphatic heterocycles. The molecule has 6 heteroatoms. The Balaban J connectivity index is 2.42. The fourth-order valence-corrected chi connectivity index (χ4v) is 1.56. The average Bonchev–Trinajstić information content (AvgIpc) is 2.63. The fourth-order valence-electron chi connectivity index (χ4n) is 0.882. The third-order valence-corrected chi connectivity index (χ3v) is 2.23. The van der Waals surface area contributed by atoms with Crippen molar-refractivity contribution in [2.45, 2.75) is 0 Å². The van der Waals surface area contributed by atoms with Crippen LogP contribution in [0, 0.1) is 0 Å². The number of rotatable bonds is 1. The number of H-pyrrole nitrogens is 1. The molecule has 0 fully saturated rings. The second-order valence-electron chi connectivity index (χ2n) is 2.32. The van der Waals surface area contributed by atoms with Crippen molar-refractivity contribution in [3.63, 3.8) is 0 Å². The van der Waals surface area contributed by atoms with Crippen molar-refractivity contribution in [1.29, 1.82) is 0 Å². The molecular weight excluding hydrogens is 190 g/mol. The summed E-state index contributed by atoms with van der Waals surface area (Å²) in [4.78, 5) is 20.8. The maximum Gasteiger partial charge on any atom is 0.307 e. The van der Waals surface area contributed by atoms with Crippen LogP contribution in [-0.4, -0.2) is 22.6 Å². The molecular formula is C7H5N3O2S. The lowest BCUT2D eigenvalue weighted by molar-refractivity contribution is 0.455. The molecule has 0 aliphatic carbocycles. The average molecular weight is 195 g/mol. The third kappa shape index (κ3) is 1.57. The largest absolute Gasteiger partial charge is 0.493 e. The molecule has 5 nitrogen and oxygen atoms in total. The van der Waals surface area contributed by atoms with Gasteiger partial charge in [-0.25, -0.2) is 9.98 Å². The van der Waals surface area contributed by atoms with Gasteiger partial charge in [0.15, 0.2) is 0 Å². The second kappa shape index (κ2) is 2.98. The first-order valence-electron chi connectivity index (χ1n) is 3.45. The Labute approximate surface area is 76.8 Å². The number of aromatic amines is 1. The molecule has 1 aromatic rings. The van der Waals surface area contributed by atoms with E-state index in [1.807, 2.05) is 0 Å². The third-order valence-electron chi connectivity index (χ3n) is 1.42. The van der Waals surface area contributed by atoms with Gasteiger partial charge in [-0.2, -0.15) is 0 Å². The van der Waals surface area contributed by atoms with Crippen molar-refractivity contribution in [2.75, 3.05) is 0 Å². The van der Waals surface area contributed by atoms with Crippen LogP contribution in [0.1, 0.15) is 4.88 Å². The molecule has 2 N–H and O–H groups in total. The van der Waals surface area contributed by atoms with Crippen molar-refractivity contribution in [1.82, 2.24) is 4.98 Å². The molecule has 0 saturated carbocycles. The van der Waals surface area contributed by atoms with Gasteiger partial charge in [-0.3, -0.25) is 9.78 Å². The summed E-state index contributed by atoms with van der Waals surface area (Å²) in [6.45, 7) is 0. The molecule has 0 aromatic carbocycles. The van der Waals surface area contributed by atoms with Crippen LogP contribution in [0.15, 0.2) is 20.5 Å². The quantitative estimate of drug-likeness (QED) is 0.688. The van der Waals surface area contributed by atoms with E-state index in [1.54, 1.807) is 12.3 Å². The van der Waals surface area contributed by atoms with Crippen LogP contribution in [0.5, 0.6) is 5.88 Å². The van der Waals surface area contributed by atoms with Crippen LogP contribution < -0.4 is 4.87 Å². The maximum absolute atomic E-state index is 10.8. The van der Waals surface area contributed by atoms with Gasteiger partial charge in [0.2, 0.25) is 5.88 Å². The van der Waals surface area contributed by atoms with Gasteiger partial charge >= 0.3 is 4.87 Å². The zero-order chi connectivity index (χ0) is 9.26. The summed E-state index contributed by atoms with van der Waals surface area (Å²) >= 11 is 0.928. The summed E-state index contributed by atoms with van der Waals surface area (Å²) in [5.74, 6) is -0.127. The Morgan fingerprint density at radius 2 is 2.46 bits per heavy atom. The molecule has 13 heavy (non-hydrogen) atoms. The summed E-state index contributed by atoms with van der Waals surface area (Å²) in [6, 6.07) is 0. The lowest BCUT2D eigenvalue weighted by atomic mass is 10.4. The van der Waals surface area contributed by atoms with Gasteiger partial charge in [-0.1, -0.05) is 11.3 Å². The van der Waals surface area contributed by atoms with Crippen LogP contribution in [0.3, 0.4) is 0 Å². The Bertz CT molecular complexity index is 452. The van der Waals surface area contributed by atoms with Crippen molar-refractivity contribution in [2.24, 2.45) is 9.98 Å². The Morgan fingerprint density at radius 1 is 1.62 bits per heavy atom. The number of aromatic nitrogens is 1. The van der Waals surface area contributed by atoms with E-state index in [4.69, 9.17) is 0 Å². The minimum Gasteiger partial charge on any atom is -0.493 e. The molecule has 0 saturated heterocycles. The number of hydrogen-bond acceptors (Lipinski definition) is 5. The number of nitrogens with one attached hydrogen (secondary N) is 1. The zero-order valence-electron chi connectivity index (χ0n) is 6.39. The lowest BCUT2D eigenvalue weighted by Gasteiger charge is -1.87. The summed E-state index contributed by atoms with van der Waals surface area (Å²) < 4.78 is 0. The fraction of sp³-hybridized carbons (Fsp3) is 0. The minimum absolute atomic E-state index is 0.127. The molecule has 66 valence electrons. The zero-order valence-corrected chi connectivity index (χ0v) is 7.21. The van der Waals surface area contributed by atoms with Crippen LogP contribution in [0.25, 0.3) is 6.08 Å². The first-order chi connectivity index (χ1) is 6.25. The SMILES string of the molecule is O=c1[nH]c(O)c(/C=C2\C=NC=N2)s1. The Morgan fingerprint density at radius 3 is 3.00 bits per heavy atom. The first kappa shape index (κ1) is 7.93. The molecule has 0 radical (unpaired) electrons. The first-order valence-corrected chi connectivity index (χ1v) is 4.27. The van der Waals surface area contributed by atoms with Gasteiger partial charge < -0.3 is 5.11 Å². The number of aromatic hydroxyl groups is 1. The van der Waals surface area contributed by atoms with E-state index in [2.05, 4.69) is 15.0 Å². The molecule has 0 amide bonds. The van der Waals surface area contributed by atoms with Crippen molar-refractivity contribution in [3.05, 3.63) is 20.2 Å². The van der Waals surface area contributed by atoms with Crippen LogP contribution >= 0.6 is 11.3 Å². The van der Waals surface area contributed by atoms with Gasteiger partial charge in [-0.15, -0.1) is 0 Å². The van der Waals surface area contributed by atoms with Crippen LogP contribution in [-0.2, 0) is 0 Å². The molecule has 1 aliphatic rings. The highest BCUT2D eigenvalue weighted by Crippen LogP contribution is 2.19. The van der Waals surface area contributed by atoms with Gasteiger partial charge in [0, 0.05) is 0 Å². The predicted octanol–water partition coefficient (Wildman–Crippen LogP) is 0.596. The molecule has 0 bridgehead atoms. The van der Waals surface area contributed by atoms with Gasteiger partial charge in [0.25, 0.3) is 0 Å². The van der Waals surface area contributed by atoms with E-state index < -0.39 is 0 Å². The van der Waals surface area contributed by atoms with Gasteiger partial charge in [0.1, 0.15) is 6.34 Å². The van der Waals surface area contributed by atoms with E-state index in [9.17, 15) is 9.90 Å². The normalized spacial score (nSPS) is 17.4. The monoisotopic (exact) mass is 195 g/mol. The Hall–Kier alpha value is -1.69.